The largest absolute Gasteiger partial charge is 0.480 e. The van der Waals surface area contributed by atoms with Crippen LogP contribution >= 0.6 is 0 Å². The zero-order chi connectivity index (χ0) is 38.7. The molecule has 1 aliphatic heterocycles. The molecule has 0 radical (unpaired) electrons. The fourth-order valence-corrected chi connectivity index (χ4v) is 9.56. The molecule has 1 aromatic heterocycles. The van der Waals surface area contributed by atoms with E-state index in [0.29, 0.717) is 45.8 Å². The average molecular weight is 771 g/mol. The Balaban J connectivity index is 1.38. The summed E-state index contributed by atoms with van der Waals surface area (Å²) >= 11 is 0. The molecule has 4 aromatic carbocycles. The Hall–Kier alpha value is -5.28. The van der Waals surface area contributed by atoms with E-state index < -0.39 is 37.6 Å². The van der Waals surface area contributed by atoms with Crippen molar-refractivity contribution in [1.29, 1.82) is 0 Å². The highest BCUT2D eigenvalue weighted by atomic mass is 32.2. The Bertz CT molecular complexity index is 2780. The van der Waals surface area contributed by atoms with Gasteiger partial charge in [-0.1, -0.05) is 60.7 Å². The summed E-state index contributed by atoms with van der Waals surface area (Å²) in [6.45, 7) is 6.59. The van der Waals surface area contributed by atoms with Gasteiger partial charge in [0.1, 0.15) is 9.79 Å². The number of benzene rings is 4. The van der Waals surface area contributed by atoms with E-state index in [1.165, 1.54) is 12.1 Å². The first-order chi connectivity index (χ1) is 25.6. The molecular weight excluding hydrogens is 733 g/mol. The van der Waals surface area contributed by atoms with Gasteiger partial charge >= 0.3 is 11.9 Å². The molecule has 0 bridgehead atoms. The van der Waals surface area contributed by atoms with Crippen molar-refractivity contribution >= 4 is 76.4 Å². The van der Waals surface area contributed by atoms with Crippen molar-refractivity contribution in [3.05, 3.63) is 107 Å². The number of ether oxygens (including phenoxy) is 1. The van der Waals surface area contributed by atoms with Crippen LogP contribution in [0.25, 0.3) is 38.5 Å². The van der Waals surface area contributed by atoms with Crippen LogP contribution < -0.4 is 10.2 Å². The molecule has 0 spiro atoms. The molecule has 2 aliphatic rings. The van der Waals surface area contributed by atoms with Crippen molar-refractivity contribution in [1.82, 2.24) is 4.57 Å². The highest BCUT2D eigenvalue weighted by molar-refractivity contribution is 7.86. The van der Waals surface area contributed by atoms with E-state index in [1.807, 2.05) is 48.8 Å². The number of likely N-dealkylation sites (N-methyl/N-ethyl adjacent to an activating group) is 1. The van der Waals surface area contributed by atoms with Gasteiger partial charge in [0, 0.05) is 56.6 Å². The molecule has 7 rings (SSSR count). The third-order valence-electron chi connectivity index (χ3n) is 10.4. The molecule has 0 amide bonds. The number of hydrogen-bond acceptors (Lipinski definition) is 8. The topological polar surface area (TPSA) is 181 Å². The summed E-state index contributed by atoms with van der Waals surface area (Å²) in [4.78, 5) is 28.2. The molecule has 12 nitrogen and oxygen atoms in total. The van der Waals surface area contributed by atoms with Crippen LogP contribution in [0, 0.1) is 5.41 Å². The maximum absolute atomic E-state index is 13.5. The minimum atomic E-state index is -4.50. The van der Waals surface area contributed by atoms with Crippen molar-refractivity contribution in [3.63, 3.8) is 0 Å². The van der Waals surface area contributed by atoms with Gasteiger partial charge in [-0.3, -0.25) is 18.7 Å². The molecule has 280 valence electrons. The first-order valence-electron chi connectivity index (χ1n) is 17.5. The molecule has 1 unspecified atom stereocenters. The van der Waals surface area contributed by atoms with E-state index >= 15 is 0 Å². The first-order valence-corrected chi connectivity index (χ1v) is 20.3. The number of rotatable bonds is 10. The lowest BCUT2D eigenvalue weighted by atomic mass is 9.71. The van der Waals surface area contributed by atoms with Crippen molar-refractivity contribution < 1.29 is 45.4 Å². The van der Waals surface area contributed by atoms with Crippen molar-refractivity contribution in [2.75, 3.05) is 18.1 Å². The number of aryl methyl sites for hydroxylation is 1. The highest BCUT2D eigenvalue weighted by Crippen LogP contribution is 2.47. The van der Waals surface area contributed by atoms with Gasteiger partial charge in [-0.15, -0.1) is 0 Å². The first kappa shape index (κ1) is 37.1. The SMILES string of the molecule is CCOC(=O)[C@]1(C(=O)O)CC(/C=C/C2c3cccc4c(S(=O)(=O)O)ccc(c34)N2CC)=CC(=C/C=c2\c3cccc4c(S(=O)(=O)O)ccc(c43)n2CC)/C1. The predicted octanol–water partition coefficient (Wildman–Crippen LogP) is 6.38. The van der Waals surface area contributed by atoms with Crippen LogP contribution in [-0.4, -0.2) is 60.7 Å². The molecular formula is C40H38N2O10S2. The summed E-state index contributed by atoms with van der Waals surface area (Å²) < 4.78 is 76.1. The fraction of sp³-hybridized carbons (Fsp3) is 0.250. The smallest absolute Gasteiger partial charge is 0.324 e. The maximum atomic E-state index is 13.5. The van der Waals surface area contributed by atoms with Gasteiger partial charge in [-0.05, 0) is 80.7 Å². The number of aliphatic carboxylic acids is 1. The monoisotopic (exact) mass is 770 g/mol. The van der Waals surface area contributed by atoms with E-state index in [2.05, 4.69) is 4.90 Å². The van der Waals surface area contributed by atoms with Gasteiger partial charge in [0.05, 0.1) is 12.6 Å². The predicted molar refractivity (Wildman–Crippen MR) is 205 cm³/mol. The fourth-order valence-electron chi connectivity index (χ4n) is 8.18. The second-order valence-electron chi connectivity index (χ2n) is 13.4. The van der Waals surface area contributed by atoms with Gasteiger partial charge in [0.25, 0.3) is 20.2 Å². The summed E-state index contributed by atoms with van der Waals surface area (Å²) in [6.07, 6.45) is 8.83. The minimum absolute atomic E-state index is 0.00747. The van der Waals surface area contributed by atoms with Gasteiger partial charge in [-0.25, -0.2) is 0 Å². The maximum Gasteiger partial charge on any atom is 0.324 e. The van der Waals surface area contributed by atoms with E-state index in [0.717, 1.165) is 27.5 Å². The van der Waals surface area contributed by atoms with Crippen LogP contribution in [-0.2, 0) is 41.1 Å². The van der Waals surface area contributed by atoms with Gasteiger partial charge in [0.2, 0.25) is 0 Å². The summed E-state index contributed by atoms with van der Waals surface area (Å²) in [5.74, 6) is -2.18. The number of carboxylic acids is 1. The molecule has 3 N–H and O–H groups in total. The van der Waals surface area contributed by atoms with Crippen molar-refractivity contribution in [3.8, 4) is 0 Å². The van der Waals surface area contributed by atoms with Crippen molar-refractivity contribution in [2.45, 2.75) is 56.0 Å². The van der Waals surface area contributed by atoms with Crippen LogP contribution in [0.1, 0.15) is 45.2 Å². The van der Waals surface area contributed by atoms with Crippen molar-refractivity contribution in [2.24, 2.45) is 5.41 Å². The van der Waals surface area contributed by atoms with Crippen LogP contribution in [0.2, 0.25) is 0 Å². The Morgan fingerprint density at radius 1 is 0.833 bits per heavy atom. The van der Waals surface area contributed by atoms with E-state index in [4.69, 9.17) is 4.74 Å². The Morgan fingerprint density at radius 3 is 2.11 bits per heavy atom. The molecule has 0 saturated carbocycles. The zero-order valence-electron chi connectivity index (χ0n) is 29.7. The molecule has 2 atom stereocenters. The molecule has 0 saturated heterocycles. The third kappa shape index (κ3) is 5.99. The molecule has 1 aliphatic carbocycles. The standard InChI is InChI=1S/C40H38N2O10S2/c1-4-41-30(26-9-7-11-28-34(53(46,47)48)19-17-32(41)36(26)28)15-13-24-21-25(23-40(22-24,38(43)44)39(45)52-6-3)14-16-31-27-10-8-12-29-35(54(49,50)51)20-18-33(37(27)29)42(31)5-2/h7-21,30H,4-6,22-23H2,1-3H3,(H,43,44)(H,46,47,48)(H,49,50,51)/b15-13+,25-14-,31-16+/t30?,40-/m1/s1. The Kier molecular flexibility index (Phi) is 9.29. The van der Waals surface area contributed by atoms with Gasteiger partial charge < -0.3 is 19.3 Å². The van der Waals surface area contributed by atoms with Gasteiger partial charge in [0.15, 0.2) is 5.41 Å². The lowest BCUT2D eigenvalue weighted by Crippen LogP contribution is -2.42. The lowest BCUT2D eigenvalue weighted by molar-refractivity contribution is -0.168. The second-order valence-corrected chi connectivity index (χ2v) is 16.2. The normalized spacial score (nSPS) is 20.2. The number of nitrogens with zero attached hydrogens (tertiary/aromatic N) is 2. The number of carbonyl (C=O) groups excluding carboxylic acids is 1. The summed E-state index contributed by atoms with van der Waals surface area (Å²) in [5.41, 5.74) is 1.54. The van der Waals surface area contributed by atoms with Gasteiger partial charge in [-0.2, -0.15) is 16.8 Å². The number of aromatic nitrogens is 1. The average Bonchev–Trinajstić information content (AvgIpc) is 3.61. The number of allylic oxidation sites excluding steroid dienone is 5. The molecule has 2 heterocycles. The quantitative estimate of drug-likeness (QED) is 0.0815. The van der Waals surface area contributed by atoms with Crippen LogP contribution in [0.5, 0.6) is 0 Å². The second kappa shape index (κ2) is 13.5. The number of anilines is 1. The Morgan fingerprint density at radius 2 is 1.48 bits per heavy atom. The lowest BCUT2D eigenvalue weighted by Gasteiger charge is -2.32. The number of carbonyl (C=O) groups is 2. The molecule has 14 heteroatoms. The highest BCUT2D eigenvalue weighted by Gasteiger charge is 2.50. The summed E-state index contributed by atoms with van der Waals surface area (Å²) in [5, 5.41) is 14.2. The number of hydrogen-bond donors (Lipinski definition) is 3. The van der Waals surface area contributed by atoms with Crippen LogP contribution in [0.4, 0.5) is 5.69 Å². The van der Waals surface area contributed by atoms with Crippen LogP contribution in [0.3, 0.4) is 0 Å². The van der Waals surface area contributed by atoms with E-state index in [1.54, 1.807) is 55.5 Å². The number of carboxylic acid groups (broad SMARTS) is 1. The number of esters is 1. The molecule has 0 fully saturated rings. The van der Waals surface area contributed by atoms with Crippen LogP contribution in [0.15, 0.2) is 106 Å². The minimum Gasteiger partial charge on any atom is -0.480 e. The summed E-state index contributed by atoms with van der Waals surface area (Å²) in [7, 11) is -8.99. The third-order valence-corrected chi connectivity index (χ3v) is 12.3. The zero-order valence-corrected chi connectivity index (χ0v) is 31.3. The molecule has 5 aromatic rings. The Labute approximate surface area is 311 Å². The summed E-state index contributed by atoms with van der Waals surface area (Å²) in [6, 6.07) is 16.2. The van der Waals surface area contributed by atoms with E-state index in [9.17, 15) is 40.6 Å². The molecule has 54 heavy (non-hydrogen) atoms. The van der Waals surface area contributed by atoms with E-state index in [-0.39, 0.29) is 35.3 Å².